The molecule has 5 nitrogen and oxygen atoms in total. The highest BCUT2D eigenvalue weighted by Crippen LogP contribution is 2.43. The second-order valence-corrected chi connectivity index (χ2v) is 12.6. The number of nitrogens with two attached hydrogens (primary N) is 1. The van der Waals surface area contributed by atoms with E-state index in [0.717, 1.165) is 35.2 Å². The third-order valence-electron chi connectivity index (χ3n) is 7.74. The van der Waals surface area contributed by atoms with Gasteiger partial charge < -0.3 is 15.1 Å². The normalized spacial score (nSPS) is 24.1. The number of pyridine rings is 1. The number of furan rings is 1. The molecule has 0 radical (unpaired) electrons. The molecular weight excluding hydrogens is 398 g/mol. The number of hydrogen-bond donors (Lipinski definition) is 1. The highest BCUT2D eigenvalue weighted by molar-refractivity contribution is 5.96. The van der Waals surface area contributed by atoms with Gasteiger partial charge in [-0.15, -0.1) is 0 Å². The van der Waals surface area contributed by atoms with Crippen molar-refractivity contribution in [3.63, 3.8) is 0 Å². The lowest BCUT2D eigenvalue weighted by Gasteiger charge is -2.44. The van der Waals surface area contributed by atoms with Crippen molar-refractivity contribution < 1.29 is 9.21 Å². The molecule has 2 aromatic rings. The number of hydrogen-bond acceptors (Lipinski definition) is 4. The maximum Gasteiger partial charge on any atom is 0.290 e. The van der Waals surface area contributed by atoms with Gasteiger partial charge >= 0.3 is 0 Å². The van der Waals surface area contributed by atoms with Crippen molar-refractivity contribution in [1.82, 2.24) is 9.88 Å². The van der Waals surface area contributed by atoms with Crippen LogP contribution in [-0.4, -0.2) is 33.9 Å². The van der Waals surface area contributed by atoms with Crippen LogP contribution < -0.4 is 5.73 Å². The fourth-order valence-corrected chi connectivity index (χ4v) is 5.57. The maximum absolute atomic E-state index is 13.5. The number of carbonyl (C=O) groups is 1. The first-order chi connectivity index (χ1) is 14.8. The highest BCUT2D eigenvalue weighted by atomic mass is 16.3. The Bertz CT molecular complexity index is 1000. The summed E-state index contributed by atoms with van der Waals surface area (Å²) in [5.74, 6) is 0.814. The van der Waals surface area contributed by atoms with E-state index in [1.807, 2.05) is 11.0 Å². The standard InChI is InChI=1S/C27H41N3O2/c1-25(2,3)19-14-20(17-8-11-26(4,5)12-9-17)29-21-15-22(32-23(19)21)24(31)30-13-10-18(28)16-27(30,6)7/h14-15,17-18H,8-13,16,28H2,1-7H3. The van der Waals surface area contributed by atoms with E-state index in [1.54, 1.807) is 0 Å². The largest absolute Gasteiger partial charge is 0.449 e. The van der Waals surface area contributed by atoms with Gasteiger partial charge in [-0.1, -0.05) is 34.6 Å². The smallest absolute Gasteiger partial charge is 0.290 e. The van der Waals surface area contributed by atoms with Gasteiger partial charge in [0.1, 0.15) is 5.52 Å². The van der Waals surface area contributed by atoms with Crippen molar-refractivity contribution in [2.45, 2.75) is 110 Å². The molecule has 1 saturated heterocycles. The van der Waals surface area contributed by atoms with Gasteiger partial charge in [0.25, 0.3) is 5.91 Å². The molecule has 0 spiro atoms. The molecule has 1 aliphatic carbocycles. The molecule has 3 heterocycles. The van der Waals surface area contributed by atoms with Crippen molar-refractivity contribution in [2.75, 3.05) is 6.54 Å². The van der Waals surface area contributed by atoms with Crippen LogP contribution in [0.5, 0.6) is 0 Å². The molecule has 2 aliphatic rings. The van der Waals surface area contributed by atoms with Crippen LogP contribution in [0.3, 0.4) is 0 Å². The molecule has 32 heavy (non-hydrogen) atoms. The van der Waals surface area contributed by atoms with E-state index in [4.69, 9.17) is 15.1 Å². The molecule has 2 N–H and O–H groups in total. The van der Waals surface area contributed by atoms with Gasteiger partial charge in [0.05, 0.1) is 0 Å². The number of aromatic nitrogens is 1. The Hall–Kier alpha value is -1.88. The average Bonchev–Trinajstić information content (AvgIpc) is 3.09. The summed E-state index contributed by atoms with van der Waals surface area (Å²) >= 11 is 0. The van der Waals surface area contributed by atoms with Crippen LogP contribution in [0, 0.1) is 5.41 Å². The lowest BCUT2D eigenvalue weighted by atomic mass is 9.72. The number of nitrogens with zero attached hydrogens (tertiary/aromatic N) is 2. The summed E-state index contributed by atoms with van der Waals surface area (Å²) in [5, 5.41) is 0. The van der Waals surface area contributed by atoms with Crippen molar-refractivity contribution in [3.8, 4) is 0 Å². The Kier molecular flexibility index (Phi) is 5.72. The predicted molar refractivity (Wildman–Crippen MR) is 130 cm³/mol. The van der Waals surface area contributed by atoms with Crippen LogP contribution in [0.4, 0.5) is 0 Å². The van der Waals surface area contributed by atoms with Crippen molar-refractivity contribution in [2.24, 2.45) is 11.1 Å². The monoisotopic (exact) mass is 439 g/mol. The second-order valence-electron chi connectivity index (χ2n) is 12.6. The summed E-state index contributed by atoms with van der Waals surface area (Å²) in [5.41, 5.74) is 10.1. The van der Waals surface area contributed by atoms with Crippen molar-refractivity contribution >= 4 is 17.0 Å². The molecule has 176 valence electrons. The summed E-state index contributed by atoms with van der Waals surface area (Å²) in [6.07, 6.45) is 6.41. The summed E-state index contributed by atoms with van der Waals surface area (Å²) in [4.78, 5) is 20.4. The van der Waals surface area contributed by atoms with Gasteiger partial charge in [-0.3, -0.25) is 4.79 Å². The van der Waals surface area contributed by atoms with E-state index in [0.29, 0.717) is 23.6 Å². The van der Waals surface area contributed by atoms with Gasteiger partial charge in [0.15, 0.2) is 11.3 Å². The fraction of sp³-hybridized carbons (Fsp3) is 0.704. The first-order valence-corrected chi connectivity index (χ1v) is 12.3. The van der Waals surface area contributed by atoms with E-state index in [1.165, 1.54) is 25.7 Å². The number of likely N-dealkylation sites (tertiary alicyclic amines) is 1. The van der Waals surface area contributed by atoms with Crippen LogP contribution >= 0.6 is 0 Å². The molecule has 0 aromatic carbocycles. The number of rotatable bonds is 2. The maximum atomic E-state index is 13.5. The van der Waals surface area contributed by atoms with Crippen LogP contribution in [0.2, 0.25) is 0 Å². The van der Waals surface area contributed by atoms with Gasteiger partial charge in [-0.05, 0) is 69.3 Å². The summed E-state index contributed by atoms with van der Waals surface area (Å²) in [7, 11) is 0. The van der Waals surface area contributed by atoms with E-state index >= 15 is 0 Å². The molecule has 1 amide bonds. The number of carbonyl (C=O) groups excluding carboxylic acids is 1. The molecule has 1 saturated carbocycles. The van der Waals surface area contributed by atoms with Crippen LogP contribution in [0.25, 0.3) is 11.1 Å². The number of piperidine rings is 1. The highest BCUT2D eigenvalue weighted by Gasteiger charge is 2.38. The van der Waals surface area contributed by atoms with Gasteiger partial charge in [-0.25, -0.2) is 4.98 Å². The molecule has 0 bridgehead atoms. The molecule has 2 aromatic heterocycles. The van der Waals surface area contributed by atoms with E-state index in [9.17, 15) is 4.79 Å². The lowest BCUT2D eigenvalue weighted by Crippen LogP contribution is -2.55. The van der Waals surface area contributed by atoms with Crippen molar-refractivity contribution in [3.05, 3.63) is 29.2 Å². The molecule has 5 heteroatoms. The molecule has 2 fully saturated rings. The summed E-state index contributed by atoms with van der Waals surface area (Å²) in [6, 6.07) is 4.25. The Morgan fingerprint density at radius 3 is 2.38 bits per heavy atom. The molecule has 1 unspecified atom stereocenters. The topological polar surface area (TPSA) is 72.4 Å². The zero-order chi connectivity index (χ0) is 23.5. The SMILES string of the molecule is CC1(C)CCC(c2cc(C(C)(C)C)c3oc(C(=O)N4CCC(N)CC4(C)C)cc3n2)CC1. The molecule has 4 rings (SSSR count). The second kappa shape index (κ2) is 7.86. The summed E-state index contributed by atoms with van der Waals surface area (Å²) in [6.45, 7) is 16.2. The van der Waals surface area contributed by atoms with Gasteiger partial charge in [0.2, 0.25) is 0 Å². The zero-order valence-corrected chi connectivity index (χ0v) is 21.0. The third-order valence-corrected chi connectivity index (χ3v) is 7.74. The average molecular weight is 440 g/mol. The number of fused-ring (bicyclic) bond motifs is 1. The third kappa shape index (κ3) is 4.46. The summed E-state index contributed by atoms with van der Waals surface area (Å²) < 4.78 is 6.25. The van der Waals surface area contributed by atoms with E-state index in [2.05, 4.69) is 54.5 Å². The zero-order valence-electron chi connectivity index (χ0n) is 21.0. The Morgan fingerprint density at radius 2 is 1.78 bits per heavy atom. The molecular formula is C27H41N3O2. The minimum atomic E-state index is -0.284. The Morgan fingerprint density at radius 1 is 1.12 bits per heavy atom. The molecule has 1 aliphatic heterocycles. The van der Waals surface area contributed by atoms with Gasteiger partial charge in [-0.2, -0.15) is 0 Å². The minimum absolute atomic E-state index is 0.0549. The predicted octanol–water partition coefficient (Wildman–Crippen LogP) is 6.15. The fourth-order valence-electron chi connectivity index (χ4n) is 5.57. The first kappa shape index (κ1) is 23.3. The first-order valence-electron chi connectivity index (χ1n) is 12.3. The quantitative estimate of drug-likeness (QED) is 0.609. The molecule has 1 atom stereocenters. The van der Waals surface area contributed by atoms with Gasteiger partial charge in [0, 0.05) is 41.4 Å². The van der Waals surface area contributed by atoms with Crippen molar-refractivity contribution in [1.29, 1.82) is 0 Å². The Balaban J connectivity index is 1.72. The van der Waals surface area contributed by atoms with E-state index < -0.39 is 0 Å². The Labute approximate surface area is 193 Å². The van der Waals surface area contributed by atoms with Crippen LogP contribution in [-0.2, 0) is 5.41 Å². The van der Waals surface area contributed by atoms with Crippen LogP contribution in [0.15, 0.2) is 16.5 Å². The minimum Gasteiger partial charge on any atom is -0.449 e. The lowest BCUT2D eigenvalue weighted by molar-refractivity contribution is 0.0372. The number of amides is 1. The van der Waals surface area contributed by atoms with Crippen LogP contribution in [0.1, 0.15) is 115 Å². The van der Waals surface area contributed by atoms with E-state index in [-0.39, 0.29) is 22.9 Å².